The zero-order valence-corrected chi connectivity index (χ0v) is 21.0. The molecular formula is C34H25NOS. The van der Waals surface area contributed by atoms with Crippen LogP contribution in [0.25, 0.3) is 0 Å². The summed E-state index contributed by atoms with van der Waals surface area (Å²) in [6, 6.07) is 53.0. The summed E-state index contributed by atoms with van der Waals surface area (Å²) in [6.45, 7) is 0. The van der Waals surface area contributed by atoms with Gasteiger partial charge >= 0.3 is 0 Å². The third-order valence-corrected chi connectivity index (χ3v) is 9.31. The second kappa shape index (κ2) is 8.50. The van der Waals surface area contributed by atoms with Gasteiger partial charge in [0.1, 0.15) is 4.75 Å². The maximum Gasteiger partial charge on any atom is 0.219 e. The number of hydrogen-bond donors (Lipinski definition) is 0. The van der Waals surface area contributed by atoms with Gasteiger partial charge in [0, 0.05) is 16.7 Å². The van der Waals surface area contributed by atoms with E-state index in [4.69, 9.17) is 9.73 Å². The van der Waals surface area contributed by atoms with Crippen molar-refractivity contribution in [1.82, 2.24) is 0 Å². The molecule has 1 fully saturated rings. The third kappa shape index (κ3) is 3.11. The van der Waals surface area contributed by atoms with Gasteiger partial charge in [-0.3, -0.25) is 0 Å². The van der Waals surface area contributed by atoms with Crippen LogP contribution >= 0.6 is 11.8 Å². The minimum Gasteiger partial charge on any atom is -0.457 e. The van der Waals surface area contributed by atoms with Gasteiger partial charge in [0.25, 0.3) is 0 Å². The van der Waals surface area contributed by atoms with E-state index in [1.807, 2.05) is 30.0 Å². The molecule has 5 aromatic rings. The van der Waals surface area contributed by atoms with Crippen LogP contribution in [0.2, 0.25) is 0 Å². The Morgan fingerprint density at radius 1 is 0.459 bits per heavy atom. The van der Waals surface area contributed by atoms with E-state index < -0.39 is 15.2 Å². The van der Waals surface area contributed by atoms with Gasteiger partial charge in [-0.25, -0.2) is 4.99 Å². The smallest absolute Gasteiger partial charge is 0.219 e. The first-order valence-corrected chi connectivity index (χ1v) is 13.4. The molecule has 178 valence electrons. The number of benzene rings is 5. The molecule has 7 rings (SSSR count). The second-order valence-electron chi connectivity index (χ2n) is 9.46. The number of thioether (sulfide) groups is 1. The van der Waals surface area contributed by atoms with E-state index in [-0.39, 0.29) is 0 Å². The fraction of sp³-hybridized carbons (Fsp3) is 0.0882. The van der Waals surface area contributed by atoms with Gasteiger partial charge in [-0.2, -0.15) is 0 Å². The Morgan fingerprint density at radius 3 is 1.27 bits per heavy atom. The molecule has 0 saturated carbocycles. The van der Waals surface area contributed by atoms with Gasteiger partial charge in [0.05, 0.1) is 0 Å². The van der Waals surface area contributed by atoms with Crippen LogP contribution in [0.5, 0.6) is 0 Å². The van der Waals surface area contributed by atoms with Crippen LogP contribution in [0.4, 0.5) is 0 Å². The van der Waals surface area contributed by atoms with E-state index >= 15 is 0 Å². The van der Waals surface area contributed by atoms with E-state index in [9.17, 15) is 0 Å². The zero-order chi connectivity index (χ0) is 24.8. The molecule has 2 aliphatic heterocycles. The summed E-state index contributed by atoms with van der Waals surface area (Å²) in [6.07, 6.45) is 0. The van der Waals surface area contributed by atoms with E-state index in [1.165, 1.54) is 11.1 Å². The highest BCUT2D eigenvalue weighted by atomic mass is 32.2. The first-order chi connectivity index (χ1) is 18.3. The van der Waals surface area contributed by atoms with Crippen LogP contribution in [-0.4, -0.2) is 10.8 Å². The number of nitrogens with zero attached hydrogens (tertiary/aromatic N) is 1. The van der Waals surface area contributed by atoms with Crippen molar-refractivity contribution in [2.45, 2.75) is 15.2 Å². The summed E-state index contributed by atoms with van der Waals surface area (Å²) in [5, 5.41) is 0. The Bertz CT molecular complexity index is 1470. The van der Waals surface area contributed by atoms with Crippen molar-refractivity contribution in [2.24, 2.45) is 4.99 Å². The maximum absolute atomic E-state index is 7.21. The molecule has 1 unspecified atom stereocenters. The molecule has 5 aromatic carbocycles. The minimum absolute atomic E-state index is 0.433. The number of rotatable bonds is 5. The van der Waals surface area contributed by atoms with Gasteiger partial charge in [0.15, 0.2) is 10.5 Å². The van der Waals surface area contributed by atoms with Crippen molar-refractivity contribution in [3.05, 3.63) is 179 Å². The highest BCUT2D eigenvalue weighted by Gasteiger charge is 2.84. The molecule has 37 heavy (non-hydrogen) atoms. The van der Waals surface area contributed by atoms with Crippen LogP contribution in [0.15, 0.2) is 157 Å². The molecule has 0 N–H and O–H groups in total. The quantitative estimate of drug-likeness (QED) is 0.232. The lowest BCUT2D eigenvalue weighted by Gasteiger charge is -2.37. The van der Waals surface area contributed by atoms with E-state index in [0.717, 1.165) is 16.7 Å². The molecule has 1 atom stereocenters. The van der Waals surface area contributed by atoms with Crippen molar-refractivity contribution in [2.75, 3.05) is 0 Å². The SMILES string of the molecule is c1ccc(C2=NC3(SC3(c3ccccc3)c3ccccc3)C(c3ccccc3)(c3ccccc3)O2)cc1. The molecule has 1 spiro atoms. The molecule has 0 bridgehead atoms. The second-order valence-corrected chi connectivity index (χ2v) is 10.9. The molecule has 1 saturated heterocycles. The predicted molar refractivity (Wildman–Crippen MR) is 152 cm³/mol. The summed E-state index contributed by atoms with van der Waals surface area (Å²) < 4.78 is 6.78. The zero-order valence-electron chi connectivity index (χ0n) is 20.2. The Morgan fingerprint density at radius 2 is 0.838 bits per heavy atom. The first-order valence-electron chi connectivity index (χ1n) is 12.6. The van der Waals surface area contributed by atoms with Crippen LogP contribution in [0.3, 0.4) is 0 Å². The lowest BCUT2D eigenvalue weighted by atomic mass is 9.71. The molecule has 2 nitrogen and oxygen atoms in total. The average molecular weight is 496 g/mol. The summed E-state index contributed by atoms with van der Waals surface area (Å²) in [5.74, 6) is 0.676. The molecule has 0 aromatic heterocycles. The van der Waals surface area contributed by atoms with Gasteiger partial charge in [-0.1, -0.05) is 140 Å². The molecule has 2 heterocycles. The van der Waals surface area contributed by atoms with E-state index in [2.05, 4.69) is 133 Å². The topological polar surface area (TPSA) is 21.6 Å². The lowest BCUT2D eigenvalue weighted by Crippen LogP contribution is -2.45. The van der Waals surface area contributed by atoms with Crippen molar-refractivity contribution in [3.63, 3.8) is 0 Å². The normalized spacial score (nSPS) is 20.7. The van der Waals surface area contributed by atoms with Crippen molar-refractivity contribution in [1.29, 1.82) is 0 Å². The van der Waals surface area contributed by atoms with Gasteiger partial charge in [0.2, 0.25) is 5.90 Å². The molecular weight excluding hydrogens is 470 g/mol. The van der Waals surface area contributed by atoms with Crippen LogP contribution < -0.4 is 0 Å². The van der Waals surface area contributed by atoms with Crippen LogP contribution in [0.1, 0.15) is 27.8 Å². The fourth-order valence-electron chi connectivity index (χ4n) is 5.82. The van der Waals surface area contributed by atoms with Gasteiger partial charge in [-0.05, 0) is 23.3 Å². The lowest BCUT2D eigenvalue weighted by molar-refractivity contribution is 0.0892. The molecule has 0 aliphatic carbocycles. The standard InChI is InChI=1S/C34H25NOS/c1-6-16-26(17-7-1)31-35-34(32(36-31,27-18-8-2-9-19-27)28-20-10-3-11-21-28)33(37-34,29-22-12-4-13-23-29)30-24-14-5-15-25-30/h1-25H. The van der Waals surface area contributed by atoms with Crippen molar-refractivity contribution >= 4 is 17.7 Å². The highest BCUT2D eigenvalue weighted by molar-refractivity contribution is 8.09. The maximum atomic E-state index is 7.21. The number of hydrogen-bond acceptors (Lipinski definition) is 3. The monoisotopic (exact) mass is 495 g/mol. The van der Waals surface area contributed by atoms with Crippen molar-refractivity contribution in [3.8, 4) is 0 Å². The predicted octanol–water partition coefficient (Wildman–Crippen LogP) is 7.79. The molecule has 3 heteroatoms. The average Bonchev–Trinajstić information content (AvgIpc) is 3.55. The van der Waals surface area contributed by atoms with Crippen LogP contribution in [0, 0.1) is 0 Å². The van der Waals surface area contributed by atoms with E-state index in [0.29, 0.717) is 5.90 Å². The van der Waals surface area contributed by atoms with E-state index in [1.54, 1.807) is 0 Å². The molecule has 0 amide bonds. The Labute approximate surface area is 221 Å². The van der Waals surface area contributed by atoms with Crippen molar-refractivity contribution < 1.29 is 4.74 Å². The first kappa shape index (κ1) is 22.1. The third-order valence-electron chi connectivity index (χ3n) is 7.46. The van der Waals surface area contributed by atoms with Gasteiger partial charge in [-0.15, -0.1) is 11.8 Å². The molecule has 2 aliphatic rings. The Kier molecular flexibility index (Phi) is 5.09. The largest absolute Gasteiger partial charge is 0.457 e. The fourth-order valence-corrected chi connectivity index (χ4v) is 7.70. The summed E-state index contributed by atoms with van der Waals surface area (Å²) in [5.41, 5.74) is 4.79. The number of aliphatic imine (C=N–C) groups is 1. The molecule has 0 radical (unpaired) electrons. The summed E-state index contributed by atoms with van der Waals surface area (Å²) in [4.78, 5) is 4.92. The Balaban J connectivity index is 1.58. The number of ether oxygens (including phenoxy) is 1. The summed E-state index contributed by atoms with van der Waals surface area (Å²) >= 11 is 1.88. The minimum atomic E-state index is -0.836. The Hall–Kier alpha value is -4.08. The highest BCUT2D eigenvalue weighted by Crippen LogP contribution is 2.82. The van der Waals surface area contributed by atoms with Crippen LogP contribution in [-0.2, 0) is 15.1 Å². The van der Waals surface area contributed by atoms with Gasteiger partial charge < -0.3 is 4.74 Å². The summed E-state index contributed by atoms with van der Waals surface area (Å²) in [7, 11) is 0.